The molecular formula is C10H21N3O3S. The van der Waals surface area contributed by atoms with E-state index in [1.807, 2.05) is 6.92 Å². The molecule has 0 aliphatic carbocycles. The van der Waals surface area contributed by atoms with E-state index < -0.39 is 10.0 Å². The number of rotatable bonds is 4. The molecule has 100 valence electrons. The lowest BCUT2D eigenvalue weighted by atomic mass is 10.4. The van der Waals surface area contributed by atoms with Gasteiger partial charge in [-0.2, -0.15) is 4.31 Å². The third-order valence-corrected chi connectivity index (χ3v) is 4.69. The van der Waals surface area contributed by atoms with Crippen LogP contribution in [0, 0.1) is 0 Å². The van der Waals surface area contributed by atoms with Gasteiger partial charge in [0.15, 0.2) is 0 Å². The highest BCUT2D eigenvalue weighted by Gasteiger charge is 2.27. The summed E-state index contributed by atoms with van der Waals surface area (Å²) in [6.45, 7) is 6.02. The monoisotopic (exact) mass is 263 g/mol. The van der Waals surface area contributed by atoms with Gasteiger partial charge in [0.2, 0.25) is 10.0 Å². The van der Waals surface area contributed by atoms with Crippen molar-refractivity contribution in [3.63, 3.8) is 0 Å². The molecule has 0 aromatic carbocycles. The average molecular weight is 263 g/mol. The minimum atomic E-state index is -3.11. The molecule has 1 N–H and O–H groups in total. The second-order valence-corrected chi connectivity index (χ2v) is 6.28. The number of nitrogens with zero attached hydrogens (tertiary/aromatic N) is 2. The van der Waals surface area contributed by atoms with Gasteiger partial charge in [0.1, 0.15) is 0 Å². The summed E-state index contributed by atoms with van der Waals surface area (Å²) in [7, 11) is -3.11. The van der Waals surface area contributed by atoms with E-state index in [0.717, 1.165) is 6.42 Å². The van der Waals surface area contributed by atoms with Crippen molar-refractivity contribution in [1.82, 2.24) is 14.5 Å². The lowest BCUT2D eigenvalue weighted by Crippen LogP contribution is -2.53. The summed E-state index contributed by atoms with van der Waals surface area (Å²) in [5.74, 6) is 0.120. The Morgan fingerprint density at radius 3 is 2.24 bits per heavy atom. The Kier molecular flexibility index (Phi) is 5.20. The van der Waals surface area contributed by atoms with Gasteiger partial charge in [0.25, 0.3) is 0 Å². The SMILES string of the molecule is CCCNC(=O)N1CCN(S(=O)(=O)CC)CC1. The maximum atomic E-state index is 11.6. The molecule has 1 fully saturated rings. The number of piperazine rings is 1. The Morgan fingerprint density at radius 1 is 1.18 bits per heavy atom. The van der Waals surface area contributed by atoms with E-state index in [0.29, 0.717) is 32.7 Å². The number of carbonyl (C=O) groups is 1. The molecule has 0 spiro atoms. The van der Waals surface area contributed by atoms with E-state index in [-0.39, 0.29) is 11.8 Å². The third kappa shape index (κ3) is 3.85. The van der Waals surface area contributed by atoms with Crippen molar-refractivity contribution >= 4 is 16.1 Å². The molecule has 0 aromatic heterocycles. The highest BCUT2D eigenvalue weighted by molar-refractivity contribution is 7.89. The van der Waals surface area contributed by atoms with E-state index in [1.165, 1.54) is 4.31 Å². The zero-order chi connectivity index (χ0) is 12.9. The molecule has 0 saturated carbocycles. The minimum absolute atomic E-state index is 0.0969. The number of amides is 2. The van der Waals surface area contributed by atoms with Gasteiger partial charge >= 0.3 is 6.03 Å². The number of sulfonamides is 1. The molecule has 0 radical (unpaired) electrons. The zero-order valence-corrected chi connectivity index (χ0v) is 11.3. The lowest BCUT2D eigenvalue weighted by molar-refractivity contribution is 0.172. The lowest BCUT2D eigenvalue weighted by Gasteiger charge is -2.33. The van der Waals surface area contributed by atoms with Crippen LogP contribution in [-0.4, -0.2) is 62.1 Å². The minimum Gasteiger partial charge on any atom is -0.338 e. The molecule has 0 bridgehead atoms. The molecule has 6 nitrogen and oxygen atoms in total. The van der Waals surface area contributed by atoms with Crippen molar-refractivity contribution in [3.8, 4) is 0 Å². The van der Waals surface area contributed by atoms with E-state index >= 15 is 0 Å². The Morgan fingerprint density at radius 2 is 1.76 bits per heavy atom. The molecule has 1 aliphatic heterocycles. The van der Waals surface area contributed by atoms with Crippen LogP contribution in [0.15, 0.2) is 0 Å². The van der Waals surface area contributed by atoms with Gasteiger partial charge in [-0.15, -0.1) is 0 Å². The molecule has 1 rings (SSSR count). The van der Waals surface area contributed by atoms with Crippen LogP contribution < -0.4 is 5.32 Å². The van der Waals surface area contributed by atoms with Crippen LogP contribution in [0.1, 0.15) is 20.3 Å². The Balaban J connectivity index is 2.43. The summed E-state index contributed by atoms with van der Waals surface area (Å²) < 4.78 is 24.7. The van der Waals surface area contributed by atoms with Crippen molar-refractivity contribution in [2.45, 2.75) is 20.3 Å². The van der Waals surface area contributed by atoms with E-state index in [4.69, 9.17) is 0 Å². The predicted octanol–water partition coefficient (Wildman–Crippen LogP) is 0.0733. The summed E-state index contributed by atoms with van der Waals surface area (Å²) >= 11 is 0. The van der Waals surface area contributed by atoms with Crippen molar-refractivity contribution < 1.29 is 13.2 Å². The van der Waals surface area contributed by atoms with Crippen LogP contribution in [-0.2, 0) is 10.0 Å². The number of carbonyl (C=O) groups excluding carboxylic acids is 1. The van der Waals surface area contributed by atoms with Gasteiger partial charge in [-0.25, -0.2) is 13.2 Å². The number of urea groups is 1. The van der Waals surface area contributed by atoms with Crippen LogP contribution in [0.3, 0.4) is 0 Å². The van der Waals surface area contributed by atoms with E-state index in [2.05, 4.69) is 5.32 Å². The first-order valence-electron chi connectivity index (χ1n) is 6.01. The van der Waals surface area contributed by atoms with Crippen molar-refractivity contribution in [1.29, 1.82) is 0 Å². The number of hydrogen-bond acceptors (Lipinski definition) is 3. The van der Waals surface area contributed by atoms with Gasteiger partial charge in [-0.1, -0.05) is 6.92 Å². The van der Waals surface area contributed by atoms with Gasteiger partial charge in [-0.05, 0) is 13.3 Å². The highest BCUT2D eigenvalue weighted by Crippen LogP contribution is 2.07. The second-order valence-electron chi connectivity index (χ2n) is 4.02. The maximum absolute atomic E-state index is 11.6. The molecule has 0 atom stereocenters. The smallest absolute Gasteiger partial charge is 0.317 e. The van der Waals surface area contributed by atoms with Crippen molar-refractivity contribution in [3.05, 3.63) is 0 Å². The molecule has 1 heterocycles. The summed E-state index contributed by atoms with van der Waals surface area (Å²) in [4.78, 5) is 13.3. The molecule has 0 aromatic rings. The Bertz CT molecular complexity index is 348. The first-order valence-corrected chi connectivity index (χ1v) is 7.62. The molecule has 1 aliphatic rings. The molecule has 17 heavy (non-hydrogen) atoms. The van der Waals surface area contributed by atoms with Crippen molar-refractivity contribution in [2.24, 2.45) is 0 Å². The van der Waals surface area contributed by atoms with Crippen LogP contribution in [0.5, 0.6) is 0 Å². The molecule has 7 heteroatoms. The van der Waals surface area contributed by atoms with Gasteiger partial charge in [0, 0.05) is 32.7 Å². The number of nitrogens with one attached hydrogen (secondary N) is 1. The van der Waals surface area contributed by atoms with E-state index in [1.54, 1.807) is 11.8 Å². The highest BCUT2D eigenvalue weighted by atomic mass is 32.2. The summed E-state index contributed by atoms with van der Waals surface area (Å²) in [6, 6.07) is -0.0969. The Labute approximate surface area is 103 Å². The van der Waals surface area contributed by atoms with Gasteiger partial charge in [-0.3, -0.25) is 0 Å². The number of hydrogen-bond donors (Lipinski definition) is 1. The second kappa shape index (κ2) is 6.20. The summed E-state index contributed by atoms with van der Waals surface area (Å²) in [5, 5.41) is 2.79. The largest absolute Gasteiger partial charge is 0.338 e. The first-order chi connectivity index (χ1) is 8.01. The van der Waals surface area contributed by atoms with Crippen LogP contribution >= 0.6 is 0 Å². The quantitative estimate of drug-likeness (QED) is 0.780. The average Bonchev–Trinajstić information content (AvgIpc) is 2.36. The molecular weight excluding hydrogens is 242 g/mol. The maximum Gasteiger partial charge on any atom is 0.317 e. The summed E-state index contributed by atoms with van der Waals surface area (Å²) in [5.41, 5.74) is 0. The van der Waals surface area contributed by atoms with Gasteiger partial charge < -0.3 is 10.2 Å². The fourth-order valence-electron chi connectivity index (χ4n) is 1.70. The van der Waals surface area contributed by atoms with Crippen molar-refractivity contribution in [2.75, 3.05) is 38.5 Å². The zero-order valence-electron chi connectivity index (χ0n) is 10.5. The molecule has 2 amide bonds. The predicted molar refractivity (Wildman–Crippen MR) is 66.3 cm³/mol. The fourth-order valence-corrected chi connectivity index (χ4v) is 2.78. The summed E-state index contributed by atoms with van der Waals surface area (Å²) in [6.07, 6.45) is 0.899. The van der Waals surface area contributed by atoms with Crippen LogP contribution in [0.2, 0.25) is 0 Å². The van der Waals surface area contributed by atoms with Crippen LogP contribution in [0.25, 0.3) is 0 Å². The van der Waals surface area contributed by atoms with E-state index in [9.17, 15) is 13.2 Å². The Hall–Kier alpha value is -0.820. The fraction of sp³-hybridized carbons (Fsp3) is 0.900. The normalized spacial score (nSPS) is 18.1. The topological polar surface area (TPSA) is 69.7 Å². The third-order valence-electron chi connectivity index (χ3n) is 2.81. The first kappa shape index (κ1) is 14.2. The molecule has 1 saturated heterocycles. The van der Waals surface area contributed by atoms with Gasteiger partial charge in [0.05, 0.1) is 5.75 Å². The molecule has 0 unspecified atom stereocenters. The van der Waals surface area contributed by atoms with Crippen LogP contribution in [0.4, 0.5) is 4.79 Å². The standard InChI is InChI=1S/C10H21N3O3S/c1-3-5-11-10(14)12-6-8-13(9-7-12)17(15,16)4-2/h3-9H2,1-2H3,(H,11,14).